The summed E-state index contributed by atoms with van der Waals surface area (Å²) >= 11 is 12.2. The Morgan fingerprint density at radius 1 is 0.742 bits per heavy atom. The number of benzene rings is 4. The summed E-state index contributed by atoms with van der Waals surface area (Å²) in [6.07, 6.45) is 0. The van der Waals surface area contributed by atoms with Gasteiger partial charge in [0.1, 0.15) is 0 Å². The van der Waals surface area contributed by atoms with Gasteiger partial charge in [-0.1, -0.05) is 77.8 Å². The van der Waals surface area contributed by atoms with Crippen LogP contribution in [0.5, 0.6) is 0 Å². The Balaban J connectivity index is 1.47. The van der Waals surface area contributed by atoms with Crippen molar-refractivity contribution in [1.82, 2.24) is 5.32 Å². The van der Waals surface area contributed by atoms with Gasteiger partial charge >= 0.3 is 0 Å². The van der Waals surface area contributed by atoms with E-state index in [4.69, 9.17) is 23.2 Å². The van der Waals surface area contributed by atoms with E-state index in [1.54, 1.807) is 42.5 Å². The fraction of sp³-hybridized carbons (Fsp3) is 0.0400. The van der Waals surface area contributed by atoms with Crippen LogP contribution in [0.15, 0.2) is 84.9 Å². The SMILES string of the molecule is O=C(NCc1cccc2ccccc12)c1cccc(NC(=O)c2c(Cl)cccc2Cl)c1. The van der Waals surface area contributed by atoms with E-state index in [9.17, 15) is 9.59 Å². The largest absolute Gasteiger partial charge is 0.348 e. The molecule has 0 spiro atoms. The van der Waals surface area contributed by atoms with Gasteiger partial charge in [-0.05, 0) is 46.7 Å². The van der Waals surface area contributed by atoms with Gasteiger partial charge in [-0.3, -0.25) is 9.59 Å². The molecule has 4 nitrogen and oxygen atoms in total. The molecule has 0 aliphatic carbocycles. The number of carbonyl (C=O) groups is 2. The topological polar surface area (TPSA) is 58.2 Å². The lowest BCUT2D eigenvalue weighted by Crippen LogP contribution is -2.23. The molecule has 2 amide bonds. The number of amides is 2. The molecule has 2 N–H and O–H groups in total. The van der Waals surface area contributed by atoms with Crippen molar-refractivity contribution >= 4 is 51.5 Å². The Morgan fingerprint density at radius 3 is 2.23 bits per heavy atom. The number of fused-ring (bicyclic) bond motifs is 1. The Bertz CT molecular complexity index is 1260. The first kappa shape index (κ1) is 20.9. The molecule has 0 unspecified atom stereocenters. The molecule has 0 fully saturated rings. The van der Waals surface area contributed by atoms with Crippen molar-refractivity contribution in [3.63, 3.8) is 0 Å². The molecule has 6 heteroatoms. The summed E-state index contributed by atoms with van der Waals surface area (Å²) in [5, 5.41) is 8.43. The van der Waals surface area contributed by atoms with Crippen LogP contribution in [0.2, 0.25) is 10.0 Å². The minimum Gasteiger partial charge on any atom is -0.348 e. The van der Waals surface area contributed by atoms with E-state index >= 15 is 0 Å². The third-order valence-electron chi connectivity index (χ3n) is 4.89. The average Bonchev–Trinajstić information content (AvgIpc) is 2.77. The highest BCUT2D eigenvalue weighted by molar-refractivity contribution is 6.40. The molecule has 0 heterocycles. The fourth-order valence-electron chi connectivity index (χ4n) is 3.37. The van der Waals surface area contributed by atoms with Gasteiger partial charge in [-0.25, -0.2) is 0 Å². The lowest BCUT2D eigenvalue weighted by atomic mass is 10.0. The van der Waals surface area contributed by atoms with Crippen molar-refractivity contribution in [3.05, 3.63) is 112 Å². The molecular formula is C25H18Cl2N2O2. The van der Waals surface area contributed by atoms with Crippen LogP contribution in [0.1, 0.15) is 26.3 Å². The van der Waals surface area contributed by atoms with Crippen molar-refractivity contribution in [2.45, 2.75) is 6.54 Å². The highest BCUT2D eigenvalue weighted by Gasteiger charge is 2.15. The molecule has 0 saturated heterocycles. The highest BCUT2D eigenvalue weighted by atomic mass is 35.5. The third-order valence-corrected chi connectivity index (χ3v) is 5.52. The Hall–Kier alpha value is -3.34. The zero-order valence-electron chi connectivity index (χ0n) is 16.4. The molecule has 0 aromatic heterocycles. The first-order chi connectivity index (χ1) is 15.0. The minimum absolute atomic E-state index is 0.191. The fourth-order valence-corrected chi connectivity index (χ4v) is 3.94. The molecular weight excluding hydrogens is 431 g/mol. The zero-order chi connectivity index (χ0) is 21.8. The Kier molecular flexibility index (Phi) is 6.21. The number of rotatable bonds is 5. The number of hydrogen-bond acceptors (Lipinski definition) is 2. The number of carbonyl (C=O) groups excluding carboxylic acids is 2. The van der Waals surface area contributed by atoms with Crippen LogP contribution >= 0.6 is 23.2 Å². The van der Waals surface area contributed by atoms with Gasteiger partial charge in [0.15, 0.2) is 0 Å². The highest BCUT2D eigenvalue weighted by Crippen LogP contribution is 2.25. The van der Waals surface area contributed by atoms with E-state index < -0.39 is 5.91 Å². The summed E-state index contributed by atoms with van der Waals surface area (Å²) in [6, 6.07) is 25.6. The zero-order valence-corrected chi connectivity index (χ0v) is 17.9. The van der Waals surface area contributed by atoms with Crippen LogP contribution in [0, 0.1) is 0 Å². The van der Waals surface area contributed by atoms with Crippen molar-refractivity contribution < 1.29 is 9.59 Å². The van der Waals surface area contributed by atoms with E-state index in [1.807, 2.05) is 42.5 Å². The van der Waals surface area contributed by atoms with Gasteiger partial charge in [0.2, 0.25) is 0 Å². The molecule has 31 heavy (non-hydrogen) atoms. The second-order valence-electron chi connectivity index (χ2n) is 6.95. The Morgan fingerprint density at radius 2 is 1.42 bits per heavy atom. The van der Waals surface area contributed by atoms with E-state index in [0.29, 0.717) is 17.8 Å². The summed E-state index contributed by atoms with van der Waals surface area (Å²) in [7, 11) is 0. The molecule has 0 saturated carbocycles. The number of anilines is 1. The van der Waals surface area contributed by atoms with Crippen LogP contribution in [0.25, 0.3) is 10.8 Å². The standard InChI is InChI=1S/C25H18Cl2N2O2/c26-21-12-5-13-22(27)23(21)25(31)29-19-10-4-8-17(14-19)24(30)28-15-18-9-3-7-16-6-1-2-11-20(16)18/h1-14H,15H2,(H,28,30)(H,29,31). The van der Waals surface area contributed by atoms with Gasteiger partial charge in [-0.2, -0.15) is 0 Å². The molecule has 0 aliphatic rings. The quantitative estimate of drug-likeness (QED) is 0.374. The maximum atomic E-state index is 12.7. The normalized spacial score (nSPS) is 10.6. The second kappa shape index (κ2) is 9.21. The number of nitrogens with one attached hydrogen (secondary N) is 2. The van der Waals surface area contributed by atoms with Crippen molar-refractivity contribution in [2.24, 2.45) is 0 Å². The molecule has 4 aromatic carbocycles. The molecule has 0 bridgehead atoms. The molecule has 4 aromatic rings. The predicted molar refractivity (Wildman–Crippen MR) is 126 cm³/mol. The molecule has 154 valence electrons. The molecule has 0 aliphatic heterocycles. The van der Waals surface area contributed by atoms with Crippen LogP contribution in [-0.4, -0.2) is 11.8 Å². The van der Waals surface area contributed by atoms with E-state index in [1.165, 1.54) is 0 Å². The summed E-state index contributed by atoms with van der Waals surface area (Å²) in [4.78, 5) is 25.3. The molecule has 0 radical (unpaired) electrons. The van der Waals surface area contributed by atoms with Gasteiger partial charge in [0, 0.05) is 17.8 Å². The van der Waals surface area contributed by atoms with Gasteiger partial charge in [-0.15, -0.1) is 0 Å². The van der Waals surface area contributed by atoms with E-state index in [-0.39, 0.29) is 21.5 Å². The van der Waals surface area contributed by atoms with Crippen molar-refractivity contribution in [1.29, 1.82) is 0 Å². The second-order valence-corrected chi connectivity index (χ2v) is 7.77. The van der Waals surface area contributed by atoms with Crippen LogP contribution in [-0.2, 0) is 6.54 Å². The first-order valence-electron chi connectivity index (χ1n) is 9.63. The van der Waals surface area contributed by atoms with Gasteiger partial charge in [0.25, 0.3) is 11.8 Å². The summed E-state index contributed by atoms with van der Waals surface area (Å²) in [5.74, 6) is -0.677. The summed E-state index contributed by atoms with van der Waals surface area (Å²) in [5.41, 5.74) is 2.13. The monoisotopic (exact) mass is 448 g/mol. The van der Waals surface area contributed by atoms with Crippen LogP contribution < -0.4 is 10.6 Å². The lowest BCUT2D eigenvalue weighted by molar-refractivity contribution is 0.0949. The summed E-state index contributed by atoms with van der Waals surface area (Å²) < 4.78 is 0. The van der Waals surface area contributed by atoms with Gasteiger partial charge in [0.05, 0.1) is 15.6 Å². The summed E-state index contributed by atoms with van der Waals surface area (Å²) in [6.45, 7) is 0.395. The maximum Gasteiger partial charge on any atom is 0.258 e. The smallest absolute Gasteiger partial charge is 0.258 e. The Labute approximate surface area is 189 Å². The van der Waals surface area contributed by atoms with E-state index in [2.05, 4.69) is 10.6 Å². The number of halogens is 2. The predicted octanol–water partition coefficient (Wildman–Crippen LogP) is 6.33. The van der Waals surface area contributed by atoms with Gasteiger partial charge < -0.3 is 10.6 Å². The average molecular weight is 449 g/mol. The third kappa shape index (κ3) is 4.71. The minimum atomic E-state index is -0.441. The van der Waals surface area contributed by atoms with Crippen molar-refractivity contribution in [3.8, 4) is 0 Å². The first-order valence-corrected chi connectivity index (χ1v) is 10.4. The lowest BCUT2D eigenvalue weighted by Gasteiger charge is -2.11. The van der Waals surface area contributed by atoms with Crippen LogP contribution in [0.3, 0.4) is 0 Å². The van der Waals surface area contributed by atoms with Crippen molar-refractivity contribution in [2.75, 3.05) is 5.32 Å². The molecule has 4 rings (SSSR count). The maximum absolute atomic E-state index is 12.7. The van der Waals surface area contributed by atoms with Crippen LogP contribution in [0.4, 0.5) is 5.69 Å². The van der Waals surface area contributed by atoms with E-state index in [0.717, 1.165) is 16.3 Å². The molecule has 0 atom stereocenters. The number of hydrogen-bond donors (Lipinski definition) is 2.